The molecule has 4 heteroatoms. The number of nitrogens with one attached hydrogen (secondary N) is 1. The molecule has 3 rings (SSSR count). The predicted molar refractivity (Wildman–Crippen MR) is 67.9 cm³/mol. The topological polar surface area (TPSA) is 41.1 Å². The molecule has 1 aromatic heterocycles. The summed E-state index contributed by atoms with van der Waals surface area (Å²) in [5.74, 6) is 1.83. The van der Waals surface area contributed by atoms with Gasteiger partial charge in [-0.3, -0.25) is 0 Å². The van der Waals surface area contributed by atoms with Crippen LogP contribution in [0.2, 0.25) is 0 Å². The van der Waals surface area contributed by atoms with Crippen molar-refractivity contribution in [3.8, 4) is 0 Å². The molecule has 0 amide bonds. The number of anilines is 1. The van der Waals surface area contributed by atoms with Crippen molar-refractivity contribution in [3.05, 3.63) is 18.0 Å². The Labute approximate surface area is 102 Å². The fourth-order valence-corrected chi connectivity index (χ4v) is 2.15. The number of nitrogens with zero attached hydrogens (tertiary/aromatic N) is 3. The zero-order valence-electron chi connectivity index (χ0n) is 10.4. The summed E-state index contributed by atoms with van der Waals surface area (Å²) in [5.41, 5.74) is 1.15. The number of hydrogen-bond donors (Lipinski definition) is 1. The molecular weight excluding hydrogens is 212 g/mol. The molecule has 0 aliphatic heterocycles. The van der Waals surface area contributed by atoms with Crippen molar-refractivity contribution in [1.29, 1.82) is 0 Å². The van der Waals surface area contributed by atoms with E-state index in [1.54, 1.807) is 0 Å². The third kappa shape index (κ3) is 2.75. The molecule has 17 heavy (non-hydrogen) atoms. The summed E-state index contributed by atoms with van der Waals surface area (Å²) in [5, 5.41) is 3.12. The van der Waals surface area contributed by atoms with Gasteiger partial charge >= 0.3 is 0 Å². The average molecular weight is 232 g/mol. The highest BCUT2D eigenvalue weighted by molar-refractivity contribution is 5.34. The minimum Gasteiger partial charge on any atom is -0.338 e. The van der Waals surface area contributed by atoms with Crippen LogP contribution in [0.1, 0.15) is 31.2 Å². The first-order valence-corrected chi connectivity index (χ1v) is 6.59. The lowest BCUT2D eigenvalue weighted by atomic mass is 10.3. The zero-order chi connectivity index (χ0) is 11.7. The summed E-state index contributed by atoms with van der Waals surface area (Å²) in [6.45, 7) is 2.00. The summed E-state index contributed by atoms with van der Waals surface area (Å²) in [7, 11) is 1.94. The van der Waals surface area contributed by atoms with Crippen molar-refractivity contribution < 1.29 is 0 Å². The highest BCUT2D eigenvalue weighted by Gasteiger charge is 2.34. The van der Waals surface area contributed by atoms with Crippen LogP contribution < -0.4 is 10.2 Å². The molecule has 2 fully saturated rings. The first-order chi connectivity index (χ1) is 8.36. The molecule has 0 bridgehead atoms. The Morgan fingerprint density at radius 3 is 2.47 bits per heavy atom. The Bertz CT molecular complexity index is 368. The van der Waals surface area contributed by atoms with Crippen LogP contribution in [0.4, 0.5) is 5.95 Å². The highest BCUT2D eigenvalue weighted by Crippen LogP contribution is 2.36. The van der Waals surface area contributed by atoms with Crippen molar-refractivity contribution in [2.75, 3.05) is 18.5 Å². The Balaban J connectivity index is 1.70. The minimum atomic E-state index is 0.714. The van der Waals surface area contributed by atoms with Crippen molar-refractivity contribution >= 4 is 5.95 Å². The first-order valence-electron chi connectivity index (χ1n) is 6.59. The smallest absolute Gasteiger partial charge is 0.225 e. The van der Waals surface area contributed by atoms with Crippen LogP contribution in [0.3, 0.4) is 0 Å². The molecule has 2 aliphatic carbocycles. The third-order valence-corrected chi connectivity index (χ3v) is 3.47. The summed E-state index contributed by atoms with van der Waals surface area (Å²) in [4.78, 5) is 11.4. The molecule has 2 saturated carbocycles. The maximum Gasteiger partial charge on any atom is 0.225 e. The highest BCUT2D eigenvalue weighted by atomic mass is 15.3. The quantitative estimate of drug-likeness (QED) is 0.808. The van der Waals surface area contributed by atoms with Gasteiger partial charge in [0.15, 0.2) is 0 Å². The van der Waals surface area contributed by atoms with Gasteiger partial charge in [-0.2, -0.15) is 0 Å². The number of rotatable bonds is 6. The van der Waals surface area contributed by atoms with Crippen LogP contribution in [0.15, 0.2) is 12.4 Å². The first kappa shape index (κ1) is 11.0. The summed E-state index contributed by atoms with van der Waals surface area (Å²) in [6, 6.07) is 0.714. The van der Waals surface area contributed by atoms with Gasteiger partial charge in [0.2, 0.25) is 5.95 Å². The Morgan fingerprint density at radius 2 is 1.94 bits per heavy atom. The van der Waals surface area contributed by atoms with Crippen LogP contribution in [0.5, 0.6) is 0 Å². The third-order valence-electron chi connectivity index (χ3n) is 3.47. The summed E-state index contributed by atoms with van der Waals surface area (Å²) in [6.07, 6.45) is 9.30. The van der Waals surface area contributed by atoms with E-state index < -0.39 is 0 Å². The van der Waals surface area contributed by atoms with Crippen LogP contribution in [-0.2, 0) is 6.54 Å². The largest absolute Gasteiger partial charge is 0.338 e. The van der Waals surface area contributed by atoms with E-state index in [1.165, 1.54) is 25.7 Å². The van der Waals surface area contributed by atoms with Gasteiger partial charge in [0, 0.05) is 37.1 Å². The van der Waals surface area contributed by atoms with Crippen molar-refractivity contribution in [1.82, 2.24) is 15.3 Å². The molecule has 1 aromatic rings. The van der Waals surface area contributed by atoms with Crippen molar-refractivity contribution in [2.24, 2.45) is 5.92 Å². The molecule has 0 aromatic carbocycles. The monoisotopic (exact) mass is 232 g/mol. The van der Waals surface area contributed by atoms with E-state index in [1.807, 2.05) is 19.4 Å². The molecule has 0 saturated heterocycles. The molecule has 1 heterocycles. The Hall–Kier alpha value is -1.16. The van der Waals surface area contributed by atoms with Gasteiger partial charge in [-0.25, -0.2) is 9.97 Å². The minimum absolute atomic E-state index is 0.714. The van der Waals surface area contributed by atoms with Gasteiger partial charge in [-0.1, -0.05) is 0 Å². The molecule has 0 unspecified atom stereocenters. The Morgan fingerprint density at radius 1 is 1.24 bits per heavy atom. The maximum atomic E-state index is 4.51. The fraction of sp³-hybridized carbons (Fsp3) is 0.692. The second kappa shape index (κ2) is 4.61. The maximum absolute atomic E-state index is 4.51. The lowest BCUT2D eigenvalue weighted by molar-refractivity contribution is 0.694. The van der Waals surface area contributed by atoms with E-state index in [0.717, 1.165) is 30.5 Å². The normalized spacial score (nSPS) is 19.4. The van der Waals surface area contributed by atoms with E-state index in [-0.39, 0.29) is 0 Å². The van der Waals surface area contributed by atoms with Crippen LogP contribution in [-0.4, -0.2) is 29.6 Å². The van der Waals surface area contributed by atoms with Crippen molar-refractivity contribution in [2.45, 2.75) is 38.3 Å². The van der Waals surface area contributed by atoms with E-state index in [2.05, 4.69) is 20.2 Å². The van der Waals surface area contributed by atoms with E-state index in [0.29, 0.717) is 6.04 Å². The summed E-state index contributed by atoms with van der Waals surface area (Å²) >= 11 is 0. The lowest BCUT2D eigenvalue weighted by Crippen LogP contribution is -2.29. The summed E-state index contributed by atoms with van der Waals surface area (Å²) < 4.78 is 0. The molecule has 0 atom stereocenters. The molecule has 0 spiro atoms. The van der Waals surface area contributed by atoms with Gasteiger partial charge in [0.05, 0.1) is 0 Å². The fourth-order valence-electron chi connectivity index (χ4n) is 2.15. The van der Waals surface area contributed by atoms with Crippen LogP contribution in [0.25, 0.3) is 0 Å². The lowest BCUT2D eigenvalue weighted by Gasteiger charge is -2.22. The molecule has 92 valence electrons. The molecule has 0 radical (unpaired) electrons. The number of hydrogen-bond acceptors (Lipinski definition) is 4. The van der Waals surface area contributed by atoms with Gasteiger partial charge < -0.3 is 10.2 Å². The van der Waals surface area contributed by atoms with Crippen LogP contribution >= 0.6 is 0 Å². The molecule has 4 nitrogen and oxygen atoms in total. The molecular formula is C13H20N4. The molecule has 2 aliphatic rings. The van der Waals surface area contributed by atoms with Gasteiger partial charge in [0.25, 0.3) is 0 Å². The van der Waals surface area contributed by atoms with E-state index in [9.17, 15) is 0 Å². The van der Waals surface area contributed by atoms with Gasteiger partial charge in [-0.05, 0) is 38.6 Å². The Kier molecular flexibility index (Phi) is 2.97. The van der Waals surface area contributed by atoms with Gasteiger partial charge in [0.1, 0.15) is 0 Å². The van der Waals surface area contributed by atoms with Crippen molar-refractivity contribution in [3.63, 3.8) is 0 Å². The van der Waals surface area contributed by atoms with E-state index >= 15 is 0 Å². The van der Waals surface area contributed by atoms with Crippen LogP contribution in [0, 0.1) is 5.92 Å². The van der Waals surface area contributed by atoms with E-state index in [4.69, 9.17) is 0 Å². The standard InChI is InChI=1S/C13H20N4/c1-14-6-11-7-15-13(16-8-11)17(12-4-5-12)9-10-2-3-10/h7-8,10,12,14H,2-6,9H2,1H3. The average Bonchev–Trinajstić information content (AvgIpc) is 3.21. The SMILES string of the molecule is CNCc1cnc(N(CC2CC2)C2CC2)nc1. The predicted octanol–water partition coefficient (Wildman–Crippen LogP) is 1.57. The molecule has 1 N–H and O–H groups in total. The van der Waals surface area contributed by atoms with Gasteiger partial charge in [-0.15, -0.1) is 0 Å². The zero-order valence-corrected chi connectivity index (χ0v) is 10.4. The second-order valence-electron chi connectivity index (χ2n) is 5.25. The number of aromatic nitrogens is 2. The second-order valence-corrected chi connectivity index (χ2v) is 5.25.